The van der Waals surface area contributed by atoms with E-state index in [0.717, 1.165) is 32.1 Å². The van der Waals surface area contributed by atoms with Crippen LogP contribution in [-0.2, 0) is 9.47 Å². The second-order valence-corrected chi connectivity index (χ2v) is 8.60. The molecule has 1 aliphatic rings. The SMILES string of the molecule is C=CC1CCCCCCCCCCCCCCCCOC(=O)c2ccccc2C(=O)O1. The Morgan fingerprint density at radius 2 is 1.13 bits per heavy atom. The topological polar surface area (TPSA) is 52.6 Å². The third kappa shape index (κ3) is 10.2. The fraction of sp³-hybridized carbons (Fsp3) is 0.630. The predicted molar refractivity (Wildman–Crippen MR) is 125 cm³/mol. The highest BCUT2D eigenvalue weighted by atomic mass is 16.5. The van der Waals surface area contributed by atoms with Crippen LogP contribution in [0.15, 0.2) is 36.9 Å². The molecule has 31 heavy (non-hydrogen) atoms. The lowest BCUT2D eigenvalue weighted by molar-refractivity contribution is 0.0360. The molecule has 1 heterocycles. The number of benzene rings is 1. The number of fused-ring (bicyclic) bond motifs is 1. The van der Waals surface area contributed by atoms with Gasteiger partial charge in [-0.05, 0) is 31.4 Å². The molecular weight excluding hydrogens is 388 g/mol. The van der Waals surface area contributed by atoms with Gasteiger partial charge in [-0.15, -0.1) is 0 Å². The van der Waals surface area contributed by atoms with Crippen molar-refractivity contribution in [3.63, 3.8) is 0 Å². The highest BCUT2D eigenvalue weighted by Crippen LogP contribution is 2.18. The second-order valence-electron chi connectivity index (χ2n) is 8.60. The molecule has 0 aromatic heterocycles. The van der Waals surface area contributed by atoms with Gasteiger partial charge in [-0.1, -0.05) is 102 Å². The van der Waals surface area contributed by atoms with E-state index in [1.54, 1.807) is 30.3 Å². The van der Waals surface area contributed by atoms with Gasteiger partial charge in [0.15, 0.2) is 0 Å². The number of carbonyl (C=O) groups excluding carboxylic acids is 2. The van der Waals surface area contributed by atoms with Crippen molar-refractivity contribution in [2.75, 3.05) is 6.61 Å². The lowest BCUT2D eigenvalue weighted by Gasteiger charge is -2.15. The molecule has 0 saturated heterocycles. The van der Waals surface area contributed by atoms with E-state index in [2.05, 4.69) is 6.58 Å². The molecule has 172 valence electrons. The smallest absolute Gasteiger partial charge is 0.339 e. The van der Waals surface area contributed by atoms with Gasteiger partial charge in [0.25, 0.3) is 0 Å². The van der Waals surface area contributed by atoms with E-state index in [0.29, 0.717) is 6.61 Å². The van der Waals surface area contributed by atoms with Crippen molar-refractivity contribution in [2.24, 2.45) is 0 Å². The van der Waals surface area contributed by atoms with Gasteiger partial charge in [-0.3, -0.25) is 0 Å². The van der Waals surface area contributed by atoms with Gasteiger partial charge in [0.05, 0.1) is 17.7 Å². The molecule has 4 nitrogen and oxygen atoms in total. The van der Waals surface area contributed by atoms with Crippen LogP contribution in [-0.4, -0.2) is 24.6 Å². The molecule has 0 fully saturated rings. The third-order valence-electron chi connectivity index (χ3n) is 6.00. The molecule has 2 rings (SSSR count). The monoisotopic (exact) mass is 428 g/mol. The molecule has 1 aromatic carbocycles. The maximum atomic E-state index is 12.7. The molecular formula is C27H40O4. The summed E-state index contributed by atoms with van der Waals surface area (Å²) in [6, 6.07) is 6.73. The molecule has 0 saturated carbocycles. The first-order valence-electron chi connectivity index (χ1n) is 12.3. The number of esters is 2. The molecule has 1 atom stereocenters. The number of rotatable bonds is 1. The van der Waals surface area contributed by atoms with Crippen molar-refractivity contribution in [3.8, 4) is 0 Å². The summed E-state index contributed by atoms with van der Waals surface area (Å²) in [5, 5.41) is 0. The molecule has 0 aliphatic carbocycles. The molecule has 0 radical (unpaired) electrons. The minimum Gasteiger partial charge on any atom is -0.462 e. The summed E-state index contributed by atoms with van der Waals surface area (Å²) in [6.45, 7) is 4.20. The van der Waals surface area contributed by atoms with Crippen LogP contribution in [0, 0.1) is 0 Å². The van der Waals surface area contributed by atoms with Crippen LogP contribution in [0.3, 0.4) is 0 Å². The van der Waals surface area contributed by atoms with Crippen LogP contribution >= 0.6 is 0 Å². The van der Waals surface area contributed by atoms with Crippen molar-refractivity contribution in [1.82, 2.24) is 0 Å². The van der Waals surface area contributed by atoms with E-state index < -0.39 is 11.9 Å². The summed E-state index contributed by atoms with van der Waals surface area (Å²) in [7, 11) is 0. The van der Waals surface area contributed by atoms with E-state index in [1.807, 2.05) is 0 Å². The quantitative estimate of drug-likeness (QED) is 0.345. The van der Waals surface area contributed by atoms with Crippen LogP contribution in [0.4, 0.5) is 0 Å². The summed E-state index contributed by atoms with van der Waals surface area (Å²) in [5.74, 6) is -0.947. The van der Waals surface area contributed by atoms with E-state index in [9.17, 15) is 9.59 Å². The van der Waals surface area contributed by atoms with Crippen molar-refractivity contribution in [2.45, 2.75) is 102 Å². The molecule has 0 amide bonds. The average Bonchev–Trinajstić information content (AvgIpc) is 2.79. The Kier molecular flexibility index (Phi) is 12.7. The van der Waals surface area contributed by atoms with Gasteiger partial charge in [0, 0.05) is 0 Å². The van der Waals surface area contributed by atoms with Crippen LogP contribution in [0.2, 0.25) is 0 Å². The Morgan fingerprint density at radius 1 is 0.677 bits per heavy atom. The van der Waals surface area contributed by atoms with Gasteiger partial charge in [0.2, 0.25) is 0 Å². The van der Waals surface area contributed by atoms with Gasteiger partial charge in [-0.25, -0.2) is 9.59 Å². The predicted octanol–water partition coefficient (Wildman–Crippen LogP) is 7.42. The number of cyclic esters (lactones) is 2. The molecule has 1 aliphatic heterocycles. The first-order chi connectivity index (χ1) is 15.2. The van der Waals surface area contributed by atoms with Gasteiger partial charge in [-0.2, -0.15) is 0 Å². The highest BCUT2D eigenvalue weighted by Gasteiger charge is 2.21. The van der Waals surface area contributed by atoms with Crippen molar-refractivity contribution in [3.05, 3.63) is 48.0 Å². The number of hydrogen-bond acceptors (Lipinski definition) is 4. The highest BCUT2D eigenvalue weighted by molar-refractivity contribution is 6.03. The average molecular weight is 429 g/mol. The van der Waals surface area contributed by atoms with Gasteiger partial charge < -0.3 is 9.47 Å². The Hall–Kier alpha value is -2.10. The van der Waals surface area contributed by atoms with Gasteiger partial charge >= 0.3 is 11.9 Å². The summed E-state index contributed by atoms with van der Waals surface area (Å²) in [6.07, 6.45) is 19.2. The van der Waals surface area contributed by atoms with Crippen LogP contribution < -0.4 is 0 Å². The first-order valence-corrected chi connectivity index (χ1v) is 12.3. The standard InChI is InChI=1S/C27H40O4/c1-2-23-19-15-13-11-9-7-5-3-4-6-8-10-12-14-18-22-30-26(28)24-20-16-17-21-25(24)27(29)31-23/h2,16-17,20-21,23H,1,3-15,18-19,22H2. The van der Waals surface area contributed by atoms with E-state index in [1.165, 1.54) is 64.2 Å². The maximum absolute atomic E-state index is 12.7. The molecule has 1 unspecified atom stereocenters. The zero-order valence-electron chi connectivity index (χ0n) is 19.1. The van der Waals surface area contributed by atoms with E-state index in [-0.39, 0.29) is 17.2 Å². The van der Waals surface area contributed by atoms with Crippen molar-refractivity contribution in [1.29, 1.82) is 0 Å². The Balaban J connectivity index is 1.95. The number of hydrogen-bond donors (Lipinski definition) is 0. The summed E-state index contributed by atoms with van der Waals surface area (Å²) in [4.78, 5) is 25.3. The second kappa shape index (κ2) is 15.7. The van der Waals surface area contributed by atoms with Crippen molar-refractivity contribution >= 4 is 11.9 Å². The first kappa shape index (κ1) is 25.2. The number of carbonyl (C=O) groups is 2. The molecule has 0 bridgehead atoms. The Bertz CT molecular complexity index is 667. The largest absolute Gasteiger partial charge is 0.462 e. The van der Waals surface area contributed by atoms with Crippen LogP contribution in [0.5, 0.6) is 0 Å². The summed E-state index contributed by atoms with van der Waals surface area (Å²) in [5.41, 5.74) is 0.534. The van der Waals surface area contributed by atoms with E-state index in [4.69, 9.17) is 9.47 Å². The van der Waals surface area contributed by atoms with Crippen LogP contribution in [0.1, 0.15) is 117 Å². The fourth-order valence-electron chi connectivity index (χ4n) is 4.08. The Labute approximate surface area is 188 Å². The lowest BCUT2D eigenvalue weighted by Crippen LogP contribution is -2.19. The molecule has 4 heteroatoms. The number of ether oxygens (including phenoxy) is 2. The third-order valence-corrected chi connectivity index (χ3v) is 6.00. The molecule has 1 aromatic rings. The molecule has 0 N–H and O–H groups in total. The zero-order valence-corrected chi connectivity index (χ0v) is 19.1. The minimum absolute atomic E-state index is 0.262. The van der Waals surface area contributed by atoms with Crippen LogP contribution in [0.25, 0.3) is 0 Å². The fourth-order valence-corrected chi connectivity index (χ4v) is 4.08. The maximum Gasteiger partial charge on any atom is 0.339 e. The molecule has 0 spiro atoms. The Morgan fingerprint density at radius 3 is 1.65 bits per heavy atom. The van der Waals surface area contributed by atoms with E-state index >= 15 is 0 Å². The summed E-state index contributed by atoms with van der Waals surface area (Å²) >= 11 is 0. The lowest BCUT2D eigenvalue weighted by atomic mass is 10.0. The minimum atomic E-state index is -0.490. The normalized spacial score (nSPS) is 21.9. The van der Waals surface area contributed by atoms with Gasteiger partial charge in [0.1, 0.15) is 6.10 Å². The van der Waals surface area contributed by atoms with Crippen molar-refractivity contribution < 1.29 is 19.1 Å². The zero-order chi connectivity index (χ0) is 22.2. The summed E-state index contributed by atoms with van der Waals surface area (Å²) < 4.78 is 11.1.